The van der Waals surface area contributed by atoms with E-state index < -0.39 is 0 Å². The SMILES string of the molecule is COc1ccc(-n2c(-c3ccccc3OC)nc(-c3ccccc3)c2-c2ccccc2)cc1. The van der Waals surface area contributed by atoms with Gasteiger partial charge in [-0.15, -0.1) is 0 Å². The molecule has 0 saturated carbocycles. The molecule has 4 nitrogen and oxygen atoms in total. The fourth-order valence-electron chi connectivity index (χ4n) is 4.07. The minimum Gasteiger partial charge on any atom is -0.497 e. The van der Waals surface area contributed by atoms with Crippen LogP contribution in [0, 0.1) is 0 Å². The van der Waals surface area contributed by atoms with Crippen LogP contribution in [-0.4, -0.2) is 23.8 Å². The summed E-state index contributed by atoms with van der Waals surface area (Å²) in [5, 5.41) is 0. The molecule has 0 atom stereocenters. The summed E-state index contributed by atoms with van der Waals surface area (Å²) >= 11 is 0. The van der Waals surface area contributed by atoms with E-state index in [-0.39, 0.29) is 0 Å². The number of hydrogen-bond acceptors (Lipinski definition) is 3. The largest absolute Gasteiger partial charge is 0.497 e. The Kier molecular flexibility index (Phi) is 5.64. The first-order valence-corrected chi connectivity index (χ1v) is 10.8. The third-order valence-corrected chi connectivity index (χ3v) is 5.65. The number of methoxy groups -OCH3 is 2. The molecule has 0 radical (unpaired) electrons. The standard InChI is InChI=1S/C29H24N2O2/c1-32-24-19-17-23(18-20-24)31-28(22-13-7-4-8-14-22)27(21-11-5-3-6-12-21)30-29(31)25-15-9-10-16-26(25)33-2/h3-20H,1-2H3. The highest BCUT2D eigenvalue weighted by Crippen LogP contribution is 2.40. The van der Waals surface area contributed by atoms with Gasteiger partial charge in [0.15, 0.2) is 0 Å². The molecule has 5 aromatic rings. The third kappa shape index (κ3) is 3.87. The molecule has 0 bridgehead atoms. The highest BCUT2D eigenvalue weighted by molar-refractivity contribution is 5.85. The number of hydrogen-bond donors (Lipinski definition) is 0. The van der Waals surface area contributed by atoms with Crippen LogP contribution in [0.1, 0.15) is 0 Å². The number of benzene rings is 4. The maximum absolute atomic E-state index is 5.71. The van der Waals surface area contributed by atoms with Gasteiger partial charge < -0.3 is 9.47 Å². The van der Waals surface area contributed by atoms with E-state index in [1.165, 1.54) is 0 Å². The summed E-state index contributed by atoms with van der Waals surface area (Å²) in [5.41, 5.74) is 5.99. The van der Waals surface area contributed by atoms with Crippen molar-refractivity contribution in [1.29, 1.82) is 0 Å². The Morgan fingerprint density at radius 2 is 1.21 bits per heavy atom. The molecule has 0 unspecified atom stereocenters. The van der Waals surface area contributed by atoms with Crippen LogP contribution in [0.25, 0.3) is 39.6 Å². The molecule has 0 aliphatic heterocycles. The van der Waals surface area contributed by atoms with Crippen LogP contribution in [-0.2, 0) is 0 Å². The normalized spacial score (nSPS) is 10.7. The molecule has 0 spiro atoms. The Bertz CT molecular complexity index is 1360. The molecule has 33 heavy (non-hydrogen) atoms. The summed E-state index contributed by atoms with van der Waals surface area (Å²) in [6.45, 7) is 0. The maximum atomic E-state index is 5.71. The number of para-hydroxylation sites is 1. The molecule has 1 heterocycles. The van der Waals surface area contributed by atoms with E-state index in [1.807, 2.05) is 60.7 Å². The lowest BCUT2D eigenvalue weighted by atomic mass is 10.0. The predicted molar refractivity (Wildman–Crippen MR) is 133 cm³/mol. The Hall–Kier alpha value is -4.31. The second-order valence-corrected chi connectivity index (χ2v) is 7.60. The van der Waals surface area contributed by atoms with E-state index in [9.17, 15) is 0 Å². The van der Waals surface area contributed by atoms with Crippen molar-refractivity contribution in [2.45, 2.75) is 0 Å². The fraction of sp³-hybridized carbons (Fsp3) is 0.0690. The van der Waals surface area contributed by atoms with Gasteiger partial charge in [0, 0.05) is 16.8 Å². The van der Waals surface area contributed by atoms with Gasteiger partial charge in [-0.3, -0.25) is 4.57 Å². The van der Waals surface area contributed by atoms with Crippen molar-refractivity contribution in [3.63, 3.8) is 0 Å². The molecule has 0 amide bonds. The van der Waals surface area contributed by atoms with Gasteiger partial charge in [0.25, 0.3) is 0 Å². The minimum absolute atomic E-state index is 0.775. The van der Waals surface area contributed by atoms with E-state index in [4.69, 9.17) is 14.5 Å². The lowest BCUT2D eigenvalue weighted by molar-refractivity contribution is 0.414. The number of imidazole rings is 1. The summed E-state index contributed by atoms with van der Waals surface area (Å²) in [6.07, 6.45) is 0. The molecule has 162 valence electrons. The summed E-state index contributed by atoms with van der Waals surface area (Å²) < 4.78 is 13.3. The van der Waals surface area contributed by atoms with Gasteiger partial charge in [0.05, 0.1) is 31.2 Å². The van der Waals surface area contributed by atoms with Crippen LogP contribution in [0.5, 0.6) is 11.5 Å². The number of ether oxygens (including phenoxy) is 2. The summed E-state index contributed by atoms with van der Waals surface area (Å²) in [4.78, 5) is 5.21. The van der Waals surface area contributed by atoms with Crippen LogP contribution >= 0.6 is 0 Å². The van der Waals surface area contributed by atoms with E-state index in [0.29, 0.717) is 0 Å². The quantitative estimate of drug-likeness (QED) is 0.293. The lowest BCUT2D eigenvalue weighted by Gasteiger charge is -2.15. The van der Waals surface area contributed by atoms with Gasteiger partial charge in [0.1, 0.15) is 17.3 Å². The Labute approximate surface area is 193 Å². The lowest BCUT2D eigenvalue weighted by Crippen LogP contribution is -2.01. The molecule has 4 aromatic carbocycles. The zero-order chi connectivity index (χ0) is 22.6. The summed E-state index contributed by atoms with van der Waals surface area (Å²) in [5.74, 6) is 2.40. The minimum atomic E-state index is 0.775. The number of nitrogens with zero attached hydrogens (tertiary/aromatic N) is 2. The highest BCUT2D eigenvalue weighted by Gasteiger charge is 2.23. The molecule has 0 aliphatic carbocycles. The second kappa shape index (κ2) is 9.05. The van der Waals surface area contributed by atoms with Crippen LogP contribution in [0.15, 0.2) is 109 Å². The Morgan fingerprint density at radius 3 is 1.85 bits per heavy atom. The van der Waals surface area contributed by atoms with Crippen LogP contribution in [0.2, 0.25) is 0 Å². The Balaban J connectivity index is 1.88. The predicted octanol–water partition coefficient (Wildman–Crippen LogP) is 6.89. The smallest absolute Gasteiger partial charge is 0.149 e. The van der Waals surface area contributed by atoms with E-state index in [0.717, 1.165) is 51.1 Å². The van der Waals surface area contributed by atoms with Crippen LogP contribution < -0.4 is 9.47 Å². The van der Waals surface area contributed by atoms with Crippen molar-refractivity contribution in [2.24, 2.45) is 0 Å². The van der Waals surface area contributed by atoms with Gasteiger partial charge in [-0.05, 0) is 36.4 Å². The van der Waals surface area contributed by atoms with E-state index in [1.54, 1.807) is 14.2 Å². The van der Waals surface area contributed by atoms with Gasteiger partial charge in [-0.25, -0.2) is 4.98 Å². The molecule has 0 N–H and O–H groups in total. The molecule has 0 fully saturated rings. The average Bonchev–Trinajstić information content (AvgIpc) is 3.30. The highest BCUT2D eigenvalue weighted by atomic mass is 16.5. The zero-order valence-electron chi connectivity index (χ0n) is 18.6. The first-order valence-electron chi connectivity index (χ1n) is 10.8. The molecular weight excluding hydrogens is 408 g/mol. The second-order valence-electron chi connectivity index (χ2n) is 7.60. The average molecular weight is 433 g/mol. The number of aromatic nitrogens is 2. The van der Waals surface area contributed by atoms with Crippen molar-refractivity contribution in [2.75, 3.05) is 14.2 Å². The van der Waals surface area contributed by atoms with E-state index >= 15 is 0 Å². The summed E-state index contributed by atoms with van der Waals surface area (Å²) in [7, 11) is 3.37. The topological polar surface area (TPSA) is 36.3 Å². The van der Waals surface area contributed by atoms with Gasteiger partial charge in [-0.1, -0.05) is 72.8 Å². The van der Waals surface area contributed by atoms with Gasteiger partial charge in [0.2, 0.25) is 0 Å². The molecule has 4 heteroatoms. The van der Waals surface area contributed by atoms with E-state index in [2.05, 4.69) is 53.1 Å². The molecule has 5 rings (SSSR count). The van der Waals surface area contributed by atoms with Crippen molar-refractivity contribution in [3.8, 4) is 51.1 Å². The Morgan fingerprint density at radius 1 is 0.606 bits per heavy atom. The van der Waals surface area contributed by atoms with Crippen molar-refractivity contribution in [3.05, 3.63) is 109 Å². The fourth-order valence-corrected chi connectivity index (χ4v) is 4.07. The third-order valence-electron chi connectivity index (χ3n) is 5.65. The maximum Gasteiger partial charge on any atom is 0.149 e. The molecular formula is C29H24N2O2. The zero-order valence-corrected chi connectivity index (χ0v) is 18.6. The summed E-state index contributed by atoms with van der Waals surface area (Å²) in [6, 6.07) is 36.7. The van der Waals surface area contributed by atoms with Crippen LogP contribution in [0.4, 0.5) is 0 Å². The molecule has 1 aromatic heterocycles. The van der Waals surface area contributed by atoms with Crippen molar-refractivity contribution >= 4 is 0 Å². The van der Waals surface area contributed by atoms with Crippen molar-refractivity contribution < 1.29 is 9.47 Å². The number of rotatable bonds is 6. The molecule has 0 saturated heterocycles. The van der Waals surface area contributed by atoms with Gasteiger partial charge in [-0.2, -0.15) is 0 Å². The first kappa shape index (κ1) is 20.6. The van der Waals surface area contributed by atoms with Gasteiger partial charge >= 0.3 is 0 Å². The van der Waals surface area contributed by atoms with Crippen LogP contribution in [0.3, 0.4) is 0 Å². The van der Waals surface area contributed by atoms with Crippen molar-refractivity contribution in [1.82, 2.24) is 9.55 Å². The monoisotopic (exact) mass is 432 g/mol. The molecule has 0 aliphatic rings. The first-order chi connectivity index (χ1) is 16.3.